The van der Waals surface area contributed by atoms with Gasteiger partial charge in [-0.2, -0.15) is 0 Å². The number of thioether (sulfide) groups is 1. The molecule has 1 aliphatic heterocycles. The molecule has 0 fully saturated rings. The van der Waals surface area contributed by atoms with Crippen molar-refractivity contribution in [2.24, 2.45) is 0 Å². The van der Waals surface area contributed by atoms with Crippen LogP contribution in [0.2, 0.25) is 0 Å². The third-order valence-electron chi connectivity index (χ3n) is 3.25. The molecular formula is C12H15N3O4S. The van der Waals surface area contributed by atoms with Gasteiger partial charge in [-0.05, 0) is 6.42 Å². The summed E-state index contributed by atoms with van der Waals surface area (Å²) < 4.78 is 1.45. The molecule has 108 valence electrons. The average Bonchev–Trinajstić information content (AvgIpc) is 2.88. The summed E-state index contributed by atoms with van der Waals surface area (Å²) in [5, 5.41) is 9.66. The van der Waals surface area contributed by atoms with Crippen molar-refractivity contribution in [3.05, 3.63) is 22.1 Å². The summed E-state index contributed by atoms with van der Waals surface area (Å²) in [4.78, 5) is 40.7. The molecule has 1 aromatic rings. The van der Waals surface area contributed by atoms with Crippen LogP contribution in [0.25, 0.3) is 0 Å². The van der Waals surface area contributed by atoms with Crippen LogP contribution in [0.15, 0.2) is 16.1 Å². The lowest BCUT2D eigenvalue weighted by Gasteiger charge is -2.23. The summed E-state index contributed by atoms with van der Waals surface area (Å²) in [5.74, 6) is -0.945. The Morgan fingerprint density at radius 3 is 2.90 bits per heavy atom. The number of rotatable bonds is 4. The van der Waals surface area contributed by atoms with E-state index in [0.717, 1.165) is 10.7 Å². The minimum atomic E-state index is -1.09. The Bertz CT molecular complexity index is 613. The number of aromatic nitrogens is 2. The Labute approximate surface area is 119 Å². The molecule has 1 aliphatic rings. The summed E-state index contributed by atoms with van der Waals surface area (Å²) in [7, 11) is 1.39. The Balaban J connectivity index is 2.35. The first kappa shape index (κ1) is 14.6. The monoisotopic (exact) mass is 297 g/mol. The standard InChI is InChI=1S/C12H15N3O4S/c1-3-8(11(18)19)14(2)9(16)7-6-13-12-15(10(7)17)4-5-20-12/h6,8H,3-5H2,1-2H3,(H,18,19). The lowest BCUT2D eigenvalue weighted by Crippen LogP contribution is -2.44. The Hall–Kier alpha value is -1.83. The van der Waals surface area contributed by atoms with Crippen molar-refractivity contribution in [1.29, 1.82) is 0 Å². The highest BCUT2D eigenvalue weighted by atomic mass is 32.2. The zero-order valence-corrected chi connectivity index (χ0v) is 12.0. The van der Waals surface area contributed by atoms with Crippen LogP contribution in [-0.4, -0.2) is 50.3 Å². The third kappa shape index (κ3) is 2.43. The lowest BCUT2D eigenvalue weighted by molar-refractivity contribution is -0.142. The number of aliphatic carboxylic acids is 1. The molecule has 1 unspecified atom stereocenters. The van der Waals surface area contributed by atoms with Crippen molar-refractivity contribution in [3.63, 3.8) is 0 Å². The minimum Gasteiger partial charge on any atom is -0.480 e. The number of nitrogens with zero attached hydrogens (tertiary/aromatic N) is 3. The quantitative estimate of drug-likeness (QED) is 0.803. The van der Waals surface area contributed by atoms with E-state index in [1.54, 1.807) is 6.92 Å². The molecule has 1 aromatic heterocycles. The number of hydrogen-bond acceptors (Lipinski definition) is 5. The first-order chi connectivity index (χ1) is 9.47. The molecule has 7 nitrogen and oxygen atoms in total. The van der Waals surface area contributed by atoms with E-state index in [1.165, 1.54) is 29.6 Å². The number of amides is 1. The second-order valence-electron chi connectivity index (χ2n) is 4.44. The van der Waals surface area contributed by atoms with Gasteiger partial charge in [0.2, 0.25) is 0 Å². The van der Waals surface area contributed by atoms with Crippen molar-refractivity contribution in [2.45, 2.75) is 31.1 Å². The van der Waals surface area contributed by atoms with E-state index in [1.807, 2.05) is 0 Å². The number of carboxylic acid groups (broad SMARTS) is 1. The molecular weight excluding hydrogens is 282 g/mol. The normalized spacial score (nSPS) is 14.7. The first-order valence-electron chi connectivity index (χ1n) is 6.20. The average molecular weight is 297 g/mol. The largest absolute Gasteiger partial charge is 0.480 e. The van der Waals surface area contributed by atoms with E-state index in [-0.39, 0.29) is 12.0 Å². The summed E-state index contributed by atoms with van der Waals surface area (Å²) in [6.45, 7) is 2.19. The number of carboxylic acids is 1. The number of fused-ring (bicyclic) bond motifs is 1. The molecule has 0 bridgehead atoms. The maximum Gasteiger partial charge on any atom is 0.326 e. The van der Waals surface area contributed by atoms with Gasteiger partial charge in [-0.15, -0.1) is 0 Å². The van der Waals surface area contributed by atoms with Crippen LogP contribution in [0.3, 0.4) is 0 Å². The van der Waals surface area contributed by atoms with E-state index in [4.69, 9.17) is 5.11 Å². The second kappa shape index (κ2) is 5.66. The van der Waals surface area contributed by atoms with Crippen LogP contribution in [0, 0.1) is 0 Å². The van der Waals surface area contributed by atoms with E-state index in [2.05, 4.69) is 4.98 Å². The maximum absolute atomic E-state index is 12.3. The molecule has 1 amide bonds. The SMILES string of the molecule is CCC(C(=O)O)N(C)C(=O)c1cnc2n(c1=O)CCS2. The molecule has 2 heterocycles. The van der Waals surface area contributed by atoms with E-state index in [9.17, 15) is 14.4 Å². The number of carbonyl (C=O) groups excluding carboxylic acids is 1. The van der Waals surface area contributed by atoms with Crippen LogP contribution in [-0.2, 0) is 11.3 Å². The topological polar surface area (TPSA) is 92.5 Å². The van der Waals surface area contributed by atoms with Crippen LogP contribution in [0.1, 0.15) is 23.7 Å². The molecule has 0 radical (unpaired) electrons. The Kier molecular flexibility index (Phi) is 4.12. The zero-order valence-electron chi connectivity index (χ0n) is 11.2. The van der Waals surface area contributed by atoms with Crippen molar-refractivity contribution in [2.75, 3.05) is 12.8 Å². The minimum absolute atomic E-state index is 0.0848. The smallest absolute Gasteiger partial charge is 0.326 e. The van der Waals surface area contributed by atoms with Gasteiger partial charge < -0.3 is 10.0 Å². The molecule has 8 heteroatoms. The molecule has 0 aromatic carbocycles. The Morgan fingerprint density at radius 1 is 1.60 bits per heavy atom. The molecule has 20 heavy (non-hydrogen) atoms. The van der Waals surface area contributed by atoms with Gasteiger partial charge in [-0.3, -0.25) is 14.2 Å². The van der Waals surface area contributed by atoms with Gasteiger partial charge >= 0.3 is 5.97 Å². The molecule has 1 atom stereocenters. The van der Waals surface area contributed by atoms with Crippen LogP contribution < -0.4 is 5.56 Å². The van der Waals surface area contributed by atoms with Crippen molar-refractivity contribution in [3.8, 4) is 0 Å². The summed E-state index contributed by atoms with van der Waals surface area (Å²) in [5.41, 5.74) is -0.490. The molecule has 0 aliphatic carbocycles. The van der Waals surface area contributed by atoms with E-state index >= 15 is 0 Å². The van der Waals surface area contributed by atoms with Crippen molar-refractivity contribution < 1.29 is 14.7 Å². The van der Waals surface area contributed by atoms with Gasteiger partial charge in [0.05, 0.1) is 0 Å². The predicted molar refractivity (Wildman–Crippen MR) is 73.0 cm³/mol. The molecule has 1 N–H and O–H groups in total. The fourth-order valence-corrected chi connectivity index (χ4v) is 3.02. The summed E-state index contributed by atoms with van der Waals surface area (Å²) in [6.07, 6.45) is 1.51. The zero-order chi connectivity index (χ0) is 14.9. The third-order valence-corrected chi connectivity index (χ3v) is 4.22. The number of hydrogen-bond donors (Lipinski definition) is 1. The molecule has 0 spiro atoms. The van der Waals surface area contributed by atoms with Crippen LogP contribution in [0.5, 0.6) is 0 Å². The van der Waals surface area contributed by atoms with Crippen molar-refractivity contribution >= 4 is 23.6 Å². The fraction of sp³-hybridized carbons (Fsp3) is 0.500. The van der Waals surface area contributed by atoms with Gasteiger partial charge in [-0.1, -0.05) is 18.7 Å². The first-order valence-corrected chi connectivity index (χ1v) is 7.18. The van der Waals surface area contributed by atoms with Gasteiger partial charge in [0, 0.05) is 25.5 Å². The van der Waals surface area contributed by atoms with E-state index in [0.29, 0.717) is 11.7 Å². The predicted octanol–water partition coefficient (Wildman–Crippen LogP) is 0.284. The van der Waals surface area contributed by atoms with Gasteiger partial charge in [0.25, 0.3) is 11.5 Å². The summed E-state index contributed by atoms with van der Waals surface area (Å²) >= 11 is 1.46. The van der Waals surface area contributed by atoms with Gasteiger partial charge in [0.15, 0.2) is 5.16 Å². The second-order valence-corrected chi connectivity index (χ2v) is 5.50. The van der Waals surface area contributed by atoms with E-state index < -0.39 is 23.5 Å². The van der Waals surface area contributed by atoms with Gasteiger partial charge in [-0.25, -0.2) is 9.78 Å². The fourth-order valence-electron chi connectivity index (χ4n) is 2.11. The highest BCUT2D eigenvalue weighted by Gasteiger charge is 2.28. The number of likely N-dealkylation sites (N-methyl/N-ethyl adjacent to an activating group) is 1. The van der Waals surface area contributed by atoms with Crippen molar-refractivity contribution in [1.82, 2.24) is 14.5 Å². The highest BCUT2D eigenvalue weighted by molar-refractivity contribution is 7.99. The highest BCUT2D eigenvalue weighted by Crippen LogP contribution is 2.20. The molecule has 2 rings (SSSR count). The van der Waals surface area contributed by atoms with Crippen LogP contribution in [0.4, 0.5) is 0 Å². The Morgan fingerprint density at radius 2 is 2.30 bits per heavy atom. The van der Waals surface area contributed by atoms with Gasteiger partial charge in [0.1, 0.15) is 11.6 Å². The number of carbonyl (C=O) groups is 2. The lowest BCUT2D eigenvalue weighted by atomic mass is 10.1. The summed E-state index contributed by atoms with van der Waals surface area (Å²) in [6, 6.07) is -0.950. The maximum atomic E-state index is 12.3. The van der Waals surface area contributed by atoms with Crippen LogP contribution >= 0.6 is 11.8 Å². The molecule has 0 saturated heterocycles. The molecule has 0 saturated carbocycles.